The molecule has 1 atom stereocenters. The van der Waals surface area contributed by atoms with E-state index in [1.807, 2.05) is 41.3 Å². The monoisotopic (exact) mass is 340 g/mol. The van der Waals surface area contributed by atoms with E-state index in [9.17, 15) is 4.79 Å². The molecule has 25 heavy (non-hydrogen) atoms. The molecule has 6 nitrogen and oxygen atoms in total. The number of ether oxygens (including phenoxy) is 3. The second kappa shape index (κ2) is 6.55. The lowest BCUT2D eigenvalue weighted by molar-refractivity contribution is 0.174. The van der Waals surface area contributed by atoms with Crippen molar-refractivity contribution in [3.8, 4) is 17.2 Å². The first-order chi connectivity index (χ1) is 12.2. The summed E-state index contributed by atoms with van der Waals surface area (Å²) in [6, 6.07) is 13.3. The Morgan fingerprint density at radius 2 is 2.04 bits per heavy atom. The summed E-state index contributed by atoms with van der Waals surface area (Å²) in [5.41, 5.74) is 1.86. The maximum absolute atomic E-state index is 12.6. The summed E-state index contributed by atoms with van der Waals surface area (Å²) in [4.78, 5) is 14.4. The molecule has 2 amide bonds. The molecule has 0 unspecified atom stereocenters. The quantitative estimate of drug-likeness (QED) is 0.930. The smallest absolute Gasteiger partial charge is 0.321 e. The number of benzene rings is 2. The van der Waals surface area contributed by atoms with Crippen molar-refractivity contribution in [1.29, 1.82) is 0 Å². The normalized spacial score (nSPS) is 18.3. The lowest BCUT2D eigenvalue weighted by Gasteiger charge is -2.18. The Bertz CT molecular complexity index is 793. The van der Waals surface area contributed by atoms with Gasteiger partial charge in [-0.05, 0) is 36.2 Å². The van der Waals surface area contributed by atoms with Gasteiger partial charge in [0.05, 0.1) is 12.8 Å². The zero-order valence-corrected chi connectivity index (χ0v) is 14.0. The third-order valence-corrected chi connectivity index (χ3v) is 4.69. The molecular formula is C19H20N2O4. The predicted octanol–water partition coefficient (Wildman–Crippen LogP) is 3.45. The van der Waals surface area contributed by atoms with Crippen LogP contribution in [0.4, 0.5) is 10.5 Å². The van der Waals surface area contributed by atoms with E-state index < -0.39 is 0 Å². The Hall–Kier alpha value is -2.89. The first-order valence-corrected chi connectivity index (χ1v) is 8.33. The van der Waals surface area contributed by atoms with E-state index >= 15 is 0 Å². The first-order valence-electron chi connectivity index (χ1n) is 8.33. The highest BCUT2D eigenvalue weighted by Crippen LogP contribution is 2.37. The van der Waals surface area contributed by atoms with Gasteiger partial charge in [0.2, 0.25) is 6.79 Å². The average molecular weight is 340 g/mol. The van der Waals surface area contributed by atoms with Crippen molar-refractivity contribution in [1.82, 2.24) is 4.90 Å². The summed E-state index contributed by atoms with van der Waals surface area (Å²) >= 11 is 0. The van der Waals surface area contributed by atoms with E-state index in [1.165, 1.54) is 5.56 Å². The highest BCUT2D eigenvalue weighted by atomic mass is 16.7. The van der Waals surface area contributed by atoms with E-state index in [0.29, 0.717) is 23.9 Å². The molecule has 0 spiro atoms. The lowest BCUT2D eigenvalue weighted by Crippen LogP contribution is -2.32. The predicted molar refractivity (Wildman–Crippen MR) is 93.5 cm³/mol. The van der Waals surface area contributed by atoms with Crippen LogP contribution in [0, 0.1) is 0 Å². The van der Waals surface area contributed by atoms with Crippen molar-refractivity contribution in [3.63, 3.8) is 0 Å². The number of carbonyl (C=O) groups is 1. The van der Waals surface area contributed by atoms with Crippen molar-refractivity contribution in [3.05, 3.63) is 48.0 Å². The van der Waals surface area contributed by atoms with Gasteiger partial charge in [0, 0.05) is 19.0 Å². The van der Waals surface area contributed by atoms with Crippen LogP contribution in [0.1, 0.15) is 17.9 Å². The third-order valence-electron chi connectivity index (χ3n) is 4.69. The van der Waals surface area contributed by atoms with Gasteiger partial charge in [0.15, 0.2) is 11.5 Å². The number of fused-ring (bicyclic) bond motifs is 1. The van der Waals surface area contributed by atoms with Crippen LogP contribution in [-0.4, -0.2) is 37.9 Å². The maximum atomic E-state index is 12.6. The molecule has 0 radical (unpaired) electrons. The molecule has 1 N–H and O–H groups in total. The molecule has 1 fully saturated rings. The second-order valence-corrected chi connectivity index (χ2v) is 6.17. The van der Waals surface area contributed by atoms with Crippen molar-refractivity contribution in [2.24, 2.45) is 0 Å². The number of likely N-dealkylation sites (tertiary alicyclic amines) is 1. The summed E-state index contributed by atoms with van der Waals surface area (Å²) in [6.45, 7) is 1.68. The summed E-state index contributed by atoms with van der Waals surface area (Å²) in [5.74, 6) is 2.53. The minimum absolute atomic E-state index is 0.104. The van der Waals surface area contributed by atoms with E-state index in [2.05, 4.69) is 11.4 Å². The molecule has 0 aliphatic carbocycles. The molecular weight excluding hydrogens is 320 g/mol. The molecule has 2 heterocycles. The number of hydrogen-bond donors (Lipinski definition) is 1. The Balaban J connectivity index is 1.42. The lowest BCUT2D eigenvalue weighted by atomic mass is 9.98. The summed E-state index contributed by atoms with van der Waals surface area (Å²) in [5, 5.41) is 2.93. The molecule has 2 aromatic carbocycles. The number of rotatable bonds is 3. The van der Waals surface area contributed by atoms with Crippen molar-refractivity contribution in [2.75, 3.05) is 32.3 Å². The standard InChI is InChI=1S/C19H20N2O4/c1-23-16-5-3-2-4-15(16)20-19(22)21-9-8-14(11-21)13-6-7-17-18(10-13)25-12-24-17/h2-7,10,14H,8-9,11-12H2,1H3,(H,20,22)/t14-/m1/s1. The molecule has 0 bridgehead atoms. The Morgan fingerprint density at radius 3 is 2.92 bits per heavy atom. The van der Waals surface area contributed by atoms with Crippen molar-refractivity contribution < 1.29 is 19.0 Å². The molecule has 2 aliphatic heterocycles. The minimum Gasteiger partial charge on any atom is -0.495 e. The van der Waals surface area contributed by atoms with Crippen molar-refractivity contribution >= 4 is 11.7 Å². The van der Waals surface area contributed by atoms with Crippen LogP contribution in [0.25, 0.3) is 0 Å². The zero-order chi connectivity index (χ0) is 17.2. The molecule has 6 heteroatoms. The van der Waals surface area contributed by atoms with E-state index in [0.717, 1.165) is 24.5 Å². The number of nitrogens with zero attached hydrogens (tertiary/aromatic N) is 1. The number of urea groups is 1. The van der Waals surface area contributed by atoms with Gasteiger partial charge in [0.25, 0.3) is 0 Å². The maximum Gasteiger partial charge on any atom is 0.321 e. The fraction of sp³-hybridized carbons (Fsp3) is 0.316. The first kappa shape index (κ1) is 15.6. The van der Waals surface area contributed by atoms with E-state index in [1.54, 1.807) is 7.11 Å². The topological polar surface area (TPSA) is 60.0 Å². The summed E-state index contributed by atoms with van der Waals surface area (Å²) in [6.07, 6.45) is 0.930. The van der Waals surface area contributed by atoms with Gasteiger partial charge in [-0.3, -0.25) is 0 Å². The van der Waals surface area contributed by atoms with Crippen LogP contribution in [0.15, 0.2) is 42.5 Å². The molecule has 130 valence electrons. The zero-order valence-electron chi connectivity index (χ0n) is 14.0. The highest BCUT2D eigenvalue weighted by molar-refractivity contribution is 5.91. The van der Waals surface area contributed by atoms with Gasteiger partial charge in [-0.2, -0.15) is 0 Å². The second-order valence-electron chi connectivity index (χ2n) is 6.17. The number of methoxy groups -OCH3 is 1. The minimum atomic E-state index is -0.104. The van der Waals surface area contributed by atoms with Crippen LogP contribution in [-0.2, 0) is 0 Å². The highest BCUT2D eigenvalue weighted by Gasteiger charge is 2.29. The van der Waals surface area contributed by atoms with Crippen LogP contribution in [0.2, 0.25) is 0 Å². The number of amides is 2. The molecule has 0 aromatic heterocycles. The Labute approximate surface area is 146 Å². The fourth-order valence-electron chi connectivity index (χ4n) is 3.33. The fourth-order valence-corrected chi connectivity index (χ4v) is 3.33. The molecule has 2 aromatic rings. The molecule has 4 rings (SSSR count). The average Bonchev–Trinajstić information content (AvgIpc) is 3.30. The largest absolute Gasteiger partial charge is 0.495 e. The molecule has 1 saturated heterocycles. The van der Waals surface area contributed by atoms with Crippen molar-refractivity contribution in [2.45, 2.75) is 12.3 Å². The van der Waals surface area contributed by atoms with Crippen LogP contribution < -0.4 is 19.5 Å². The summed E-state index contributed by atoms with van der Waals surface area (Å²) in [7, 11) is 1.59. The number of anilines is 1. The van der Waals surface area contributed by atoms with Crippen LogP contribution >= 0.6 is 0 Å². The van der Waals surface area contributed by atoms with Gasteiger partial charge in [0.1, 0.15) is 5.75 Å². The summed E-state index contributed by atoms with van der Waals surface area (Å²) < 4.78 is 16.1. The Morgan fingerprint density at radius 1 is 1.20 bits per heavy atom. The number of nitrogens with one attached hydrogen (secondary N) is 1. The van der Waals surface area contributed by atoms with Crippen LogP contribution in [0.3, 0.4) is 0 Å². The van der Waals surface area contributed by atoms with Gasteiger partial charge in [-0.15, -0.1) is 0 Å². The SMILES string of the molecule is COc1ccccc1NC(=O)N1CC[C@@H](c2ccc3c(c2)OCO3)C1. The van der Waals surface area contributed by atoms with Gasteiger partial charge >= 0.3 is 6.03 Å². The van der Waals surface area contributed by atoms with Gasteiger partial charge in [-0.1, -0.05) is 18.2 Å². The van der Waals surface area contributed by atoms with Crippen LogP contribution in [0.5, 0.6) is 17.2 Å². The molecule has 2 aliphatic rings. The third kappa shape index (κ3) is 3.07. The number of para-hydroxylation sites is 2. The van der Waals surface area contributed by atoms with Gasteiger partial charge < -0.3 is 24.4 Å². The van der Waals surface area contributed by atoms with E-state index in [-0.39, 0.29) is 12.8 Å². The van der Waals surface area contributed by atoms with E-state index in [4.69, 9.17) is 14.2 Å². The Kier molecular flexibility index (Phi) is 4.09. The van der Waals surface area contributed by atoms with Gasteiger partial charge in [-0.25, -0.2) is 4.79 Å². The number of carbonyl (C=O) groups excluding carboxylic acids is 1. The molecule has 0 saturated carbocycles. The number of hydrogen-bond acceptors (Lipinski definition) is 4.